The Labute approximate surface area is 73.1 Å². The monoisotopic (exact) mass is 197 g/mol. The molecule has 1 unspecified atom stereocenters. The van der Waals surface area contributed by atoms with E-state index in [4.69, 9.17) is 23.6 Å². The lowest BCUT2D eigenvalue weighted by Gasteiger charge is -2.23. The molecule has 1 aliphatic rings. The molecule has 7 heteroatoms. The second-order valence-electron chi connectivity index (χ2n) is 1.98. The zero-order valence-corrected chi connectivity index (χ0v) is 6.87. The van der Waals surface area contributed by atoms with Gasteiger partial charge in [-0.2, -0.15) is 0 Å². The molecule has 1 aliphatic heterocycles. The Balaban J connectivity index is 2.68. The van der Waals surface area contributed by atoms with E-state index in [9.17, 15) is 10.1 Å². The molecule has 1 heterocycles. The molecule has 0 aliphatic carbocycles. The molecule has 11 heavy (non-hydrogen) atoms. The number of halogens is 2. The van der Waals surface area contributed by atoms with Crippen molar-refractivity contribution in [2.24, 2.45) is 0 Å². The van der Waals surface area contributed by atoms with Crippen LogP contribution in [0.25, 0.3) is 0 Å². The average molecular weight is 198 g/mol. The summed E-state index contributed by atoms with van der Waals surface area (Å²) >= 11 is 11.0. The SMILES string of the molecule is O=[N+]([O-])C1C=CN(Cl)CN1Cl. The summed E-state index contributed by atoms with van der Waals surface area (Å²) in [4.78, 5) is 9.75. The lowest BCUT2D eigenvalue weighted by atomic mass is 10.4. The van der Waals surface area contributed by atoms with Crippen LogP contribution in [0.1, 0.15) is 0 Å². The molecule has 62 valence electrons. The molecule has 0 radical (unpaired) electrons. The van der Waals surface area contributed by atoms with E-state index in [2.05, 4.69) is 0 Å². The topological polar surface area (TPSA) is 49.6 Å². The number of nitro groups is 1. The molecule has 1 rings (SSSR count). The molecule has 5 nitrogen and oxygen atoms in total. The zero-order valence-electron chi connectivity index (χ0n) is 5.35. The lowest BCUT2D eigenvalue weighted by Crippen LogP contribution is -2.40. The first-order valence-corrected chi connectivity index (χ1v) is 3.45. The first-order chi connectivity index (χ1) is 5.11. The standard InChI is InChI=1S/C4H5Cl2N3O2/c5-7-2-1-4(9(10)11)8(6)3-7/h1-2,4H,3H2. The summed E-state index contributed by atoms with van der Waals surface area (Å²) in [5.41, 5.74) is 0. The van der Waals surface area contributed by atoms with Gasteiger partial charge in [0.1, 0.15) is 6.67 Å². The summed E-state index contributed by atoms with van der Waals surface area (Å²) in [7, 11) is 0. The normalized spacial score (nSPS) is 25.6. The van der Waals surface area contributed by atoms with Crippen molar-refractivity contribution >= 4 is 23.6 Å². The molecule has 0 aromatic heterocycles. The van der Waals surface area contributed by atoms with E-state index in [0.717, 1.165) is 4.42 Å². The minimum absolute atomic E-state index is 0.130. The van der Waals surface area contributed by atoms with Crippen molar-refractivity contribution in [3.63, 3.8) is 0 Å². The quantitative estimate of drug-likeness (QED) is 0.358. The van der Waals surface area contributed by atoms with Crippen LogP contribution < -0.4 is 0 Å². The molecule has 0 aromatic rings. The van der Waals surface area contributed by atoms with Crippen molar-refractivity contribution in [1.82, 2.24) is 8.84 Å². The van der Waals surface area contributed by atoms with Gasteiger partial charge in [-0.1, -0.05) is 0 Å². The predicted octanol–water partition coefficient (Wildman–Crippen LogP) is 0.986. The Kier molecular flexibility index (Phi) is 2.53. The number of rotatable bonds is 1. The maximum absolute atomic E-state index is 10.2. The summed E-state index contributed by atoms with van der Waals surface area (Å²) in [5, 5.41) is 10.2. The zero-order chi connectivity index (χ0) is 8.43. The Morgan fingerprint density at radius 2 is 2.27 bits per heavy atom. The highest BCUT2D eigenvalue weighted by Crippen LogP contribution is 2.14. The summed E-state index contributed by atoms with van der Waals surface area (Å²) in [5.74, 6) is 0. The second-order valence-corrected chi connectivity index (χ2v) is 2.85. The van der Waals surface area contributed by atoms with Crippen molar-refractivity contribution in [3.8, 4) is 0 Å². The third-order valence-corrected chi connectivity index (χ3v) is 1.72. The van der Waals surface area contributed by atoms with Crippen LogP contribution in [-0.4, -0.2) is 26.6 Å². The van der Waals surface area contributed by atoms with Crippen LogP contribution in [0.15, 0.2) is 12.3 Å². The van der Waals surface area contributed by atoms with Crippen LogP contribution in [0, 0.1) is 10.1 Å². The minimum Gasteiger partial charge on any atom is -0.277 e. The van der Waals surface area contributed by atoms with Crippen LogP contribution in [0.3, 0.4) is 0 Å². The lowest BCUT2D eigenvalue weighted by molar-refractivity contribution is -0.531. The van der Waals surface area contributed by atoms with E-state index in [1.165, 1.54) is 16.7 Å². The third-order valence-electron chi connectivity index (χ3n) is 1.19. The van der Waals surface area contributed by atoms with Gasteiger partial charge in [0.2, 0.25) is 0 Å². The number of nitrogens with zero attached hydrogens (tertiary/aromatic N) is 3. The molecule has 1 atom stereocenters. The molecule has 0 spiro atoms. The van der Waals surface area contributed by atoms with Crippen LogP contribution >= 0.6 is 23.6 Å². The van der Waals surface area contributed by atoms with Crippen LogP contribution in [0.5, 0.6) is 0 Å². The van der Waals surface area contributed by atoms with E-state index >= 15 is 0 Å². The largest absolute Gasteiger partial charge is 0.303 e. The molecule has 0 amide bonds. The maximum Gasteiger partial charge on any atom is 0.303 e. The fourth-order valence-electron chi connectivity index (χ4n) is 0.696. The van der Waals surface area contributed by atoms with Crippen LogP contribution in [0.2, 0.25) is 0 Å². The van der Waals surface area contributed by atoms with E-state index in [1.807, 2.05) is 0 Å². The summed E-state index contributed by atoms with van der Waals surface area (Å²) in [6, 6.07) is 0. The fourth-order valence-corrected chi connectivity index (χ4v) is 1.18. The van der Waals surface area contributed by atoms with Crippen molar-refractivity contribution in [2.45, 2.75) is 6.17 Å². The van der Waals surface area contributed by atoms with Gasteiger partial charge in [0.25, 0.3) is 0 Å². The Morgan fingerprint density at radius 3 is 2.73 bits per heavy atom. The summed E-state index contributed by atoms with van der Waals surface area (Å²) in [6.45, 7) is 0.130. The van der Waals surface area contributed by atoms with Crippen LogP contribution in [0.4, 0.5) is 0 Å². The molecular formula is C4H5Cl2N3O2. The Bertz CT molecular complexity index is 198. The smallest absolute Gasteiger partial charge is 0.277 e. The van der Waals surface area contributed by atoms with E-state index < -0.39 is 11.1 Å². The van der Waals surface area contributed by atoms with Crippen molar-refractivity contribution in [1.29, 1.82) is 0 Å². The number of hydrogen-bond acceptors (Lipinski definition) is 4. The first kappa shape index (κ1) is 8.58. The Hall–Kier alpha value is -0.520. The predicted molar refractivity (Wildman–Crippen MR) is 40.2 cm³/mol. The van der Waals surface area contributed by atoms with Gasteiger partial charge in [0.05, 0.1) is 0 Å². The fraction of sp³-hybridized carbons (Fsp3) is 0.500. The van der Waals surface area contributed by atoms with Crippen molar-refractivity contribution < 1.29 is 4.92 Å². The highest BCUT2D eigenvalue weighted by molar-refractivity contribution is 6.16. The molecular weight excluding hydrogens is 193 g/mol. The summed E-state index contributed by atoms with van der Waals surface area (Å²) in [6.07, 6.45) is 1.74. The van der Waals surface area contributed by atoms with Gasteiger partial charge in [0.15, 0.2) is 0 Å². The molecule has 0 aromatic carbocycles. The first-order valence-electron chi connectivity index (χ1n) is 2.78. The van der Waals surface area contributed by atoms with E-state index in [1.54, 1.807) is 0 Å². The molecule has 0 saturated carbocycles. The third kappa shape index (κ3) is 1.95. The van der Waals surface area contributed by atoms with Gasteiger partial charge in [0, 0.05) is 29.0 Å². The van der Waals surface area contributed by atoms with Gasteiger partial charge >= 0.3 is 6.17 Å². The maximum atomic E-state index is 10.2. The van der Waals surface area contributed by atoms with Crippen molar-refractivity contribution in [3.05, 3.63) is 22.4 Å². The Morgan fingerprint density at radius 1 is 1.64 bits per heavy atom. The van der Waals surface area contributed by atoms with Gasteiger partial charge in [-0.05, 0) is 11.8 Å². The van der Waals surface area contributed by atoms with Gasteiger partial charge < -0.3 is 0 Å². The van der Waals surface area contributed by atoms with Gasteiger partial charge in [-0.25, -0.2) is 0 Å². The molecule has 0 bridgehead atoms. The summed E-state index contributed by atoms with van der Waals surface area (Å²) < 4.78 is 2.24. The van der Waals surface area contributed by atoms with Gasteiger partial charge in [-0.3, -0.25) is 14.5 Å². The van der Waals surface area contributed by atoms with E-state index in [0.29, 0.717) is 0 Å². The second kappa shape index (κ2) is 3.25. The number of hydrogen-bond donors (Lipinski definition) is 0. The molecule has 0 N–H and O–H groups in total. The molecule has 0 saturated heterocycles. The highest BCUT2D eigenvalue weighted by Gasteiger charge is 2.28. The minimum atomic E-state index is -0.980. The molecule has 0 fully saturated rings. The van der Waals surface area contributed by atoms with Gasteiger partial charge in [-0.15, -0.1) is 4.42 Å². The van der Waals surface area contributed by atoms with Crippen LogP contribution in [-0.2, 0) is 0 Å². The van der Waals surface area contributed by atoms with Crippen molar-refractivity contribution in [2.75, 3.05) is 6.67 Å². The van der Waals surface area contributed by atoms with E-state index in [-0.39, 0.29) is 6.67 Å². The average Bonchev–Trinajstić information content (AvgIpc) is 1.85. The highest BCUT2D eigenvalue weighted by atomic mass is 35.5.